The Balaban J connectivity index is 1.62. The Bertz CT molecular complexity index is 1130. The summed E-state index contributed by atoms with van der Waals surface area (Å²) in [6.07, 6.45) is 1.55. The van der Waals surface area contributed by atoms with Crippen LogP contribution in [0.4, 0.5) is 20.2 Å². The topological polar surface area (TPSA) is 88.9 Å². The second-order valence-corrected chi connectivity index (χ2v) is 7.79. The van der Waals surface area contributed by atoms with Crippen LogP contribution in [-0.2, 0) is 22.6 Å². The Morgan fingerprint density at radius 3 is 2.53 bits per heavy atom. The maximum absolute atomic E-state index is 13.9. The van der Waals surface area contributed by atoms with Gasteiger partial charge in [-0.2, -0.15) is 0 Å². The summed E-state index contributed by atoms with van der Waals surface area (Å²) in [6.45, 7) is 5.79. The first kappa shape index (κ1) is 23.1. The number of allylic oxidation sites excluding steroid dienone is 1. The highest BCUT2D eigenvalue weighted by atomic mass is 32.2. The Hall–Kier alpha value is -3.53. The Morgan fingerprint density at radius 1 is 1.09 bits per heavy atom. The summed E-state index contributed by atoms with van der Waals surface area (Å²) >= 11 is 1.11. The van der Waals surface area contributed by atoms with Gasteiger partial charge in [-0.25, -0.2) is 8.78 Å². The van der Waals surface area contributed by atoms with Gasteiger partial charge in [0.25, 0.3) is 0 Å². The zero-order chi connectivity index (χ0) is 23.1. The zero-order valence-electron chi connectivity index (χ0n) is 17.3. The fourth-order valence-electron chi connectivity index (χ4n) is 2.79. The van der Waals surface area contributed by atoms with Crippen molar-refractivity contribution in [2.24, 2.45) is 0 Å². The molecule has 0 aliphatic carbocycles. The van der Waals surface area contributed by atoms with Gasteiger partial charge in [0.2, 0.25) is 11.8 Å². The van der Waals surface area contributed by atoms with E-state index in [1.807, 2.05) is 0 Å². The minimum absolute atomic E-state index is 0.0234. The van der Waals surface area contributed by atoms with Crippen molar-refractivity contribution >= 4 is 35.0 Å². The standard InChI is InChI=1S/C22H21F2N5O2S/c1-3-10-29-19(12-20(30)25-16-7-5-15(23)6-8-16)27-28-22(29)32-13-21(31)26-18-9-4-14(2)11-17(18)24/h3-9,11H,1,10,12-13H2,2H3,(H,25,30)(H,26,31). The minimum atomic E-state index is -0.507. The van der Waals surface area contributed by atoms with Crippen molar-refractivity contribution in [1.82, 2.24) is 14.8 Å². The van der Waals surface area contributed by atoms with Crippen LogP contribution in [-0.4, -0.2) is 32.3 Å². The molecule has 0 fully saturated rings. The molecule has 1 aromatic heterocycles. The van der Waals surface area contributed by atoms with Crippen molar-refractivity contribution in [3.63, 3.8) is 0 Å². The molecule has 0 spiro atoms. The van der Waals surface area contributed by atoms with E-state index in [9.17, 15) is 18.4 Å². The number of benzene rings is 2. The van der Waals surface area contributed by atoms with Gasteiger partial charge in [-0.15, -0.1) is 16.8 Å². The summed E-state index contributed by atoms with van der Waals surface area (Å²) in [5.41, 5.74) is 1.32. The molecule has 32 heavy (non-hydrogen) atoms. The average Bonchev–Trinajstić information content (AvgIpc) is 3.12. The van der Waals surface area contributed by atoms with Crippen LogP contribution in [0.1, 0.15) is 11.4 Å². The number of rotatable bonds is 9. The highest BCUT2D eigenvalue weighted by Crippen LogP contribution is 2.20. The number of anilines is 2. The second kappa shape index (κ2) is 10.7. The van der Waals surface area contributed by atoms with Gasteiger partial charge in [0.15, 0.2) is 5.16 Å². The first-order valence-electron chi connectivity index (χ1n) is 9.63. The predicted octanol–water partition coefficient (Wildman–Crippen LogP) is 3.96. The summed E-state index contributed by atoms with van der Waals surface area (Å²) in [5.74, 6) is -1.29. The van der Waals surface area contributed by atoms with E-state index in [0.717, 1.165) is 17.3 Å². The number of carbonyl (C=O) groups is 2. The van der Waals surface area contributed by atoms with E-state index >= 15 is 0 Å². The highest BCUT2D eigenvalue weighted by Gasteiger charge is 2.17. The van der Waals surface area contributed by atoms with Crippen LogP contribution >= 0.6 is 11.8 Å². The summed E-state index contributed by atoms with van der Waals surface area (Å²) < 4.78 is 28.6. The van der Waals surface area contributed by atoms with Gasteiger partial charge in [-0.3, -0.25) is 9.59 Å². The minimum Gasteiger partial charge on any atom is -0.326 e. The Kier molecular flexibility index (Phi) is 7.72. The lowest BCUT2D eigenvalue weighted by atomic mass is 10.2. The molecular weight excluding hydrogens is 436 g/mol. The molecule has 0 saturated carbocycles. The van der Waals surface area contributed by atoms with E-state index in [-0.39, 0.29) is 23.8 Å². The first-order valence-corrected chi connectivity index (χ1v) is 10.6. The van der Waals surface area contributed by atoms with Gasteiger partial charge in [0.1, 0.15) is 17.5 Å². The van der Waals surface area contributed by atoms with E-state index < -0.39 is 17.5 Å². The highest BCUT2D eigenvalue weighted by molar-refractivity contribution is 7.99. The molecule has 2 amide bonds. The molecule has 166 valence electrons. The number of hydrogen-bond acceptors (Lipinski definition) is 5. The molecule has 0 bridgehead atoms. The normalized spacial score (nSPS) is 10.6. The van der Waals surface area contributed by atoms with Gasteiger partial charge in [0, 0.05) is 12.2 Å². The fourth-order valence-corrected chi connectivity index (χ4v) is 3.56. The number of thioether (sulfide) groups is 1. The molecule has 2 N–H and O–H groups in total. The van der Waals surface area contributed by atoms with Crippen molar-refractivity contribution in [1.29, 1.82) is 0 Å². The second-order valence-electron chi connectivity index (χ2n) is 6.85. The van der Waals surface area contributed by atoms with Gasteiger partial charge in [-0.1, -0.05) is 23.9 Å². The molecule has 0 radical (unpaired) electrons. The quantitative estimate of drug-likeness (QED) is 0.375. The van der Waals surface area contributed by atoms with Crippen LogP contribution in [0.3, 0.4) is 0 Å². The molecule has 3 aromatic rings. The average molecular weight is 458 g/mol. The maximum atomic E-state index is 13.9. The molecule has 2 aromatic carbocycles. The fraction of sp³-hybridized carbons (Fsp3) is 0.182. The third-order valence-electron chi connectivity index (χ3n) is 4.28. The van der Waals surface area contributed by atoms with Crippen LogP contribution in [0.25, 0.3) is 0 Å². The molecular formula is C22H21F2N5O2S. The van der Waals surface area contributed by atoms with E-state index in [4.69, 9.17) is 0 Å². The van der Waals surface area contributed by atoms with Crippen molar-refractivity contribution < 1.29 is 18.4 Å². The van der Waals surface area contributed by atoms with Crippen molar-refractivity contribution in [3.05, 3.63) is 78.1 Å². The number of nitrogens with zero attached hydrogens (tertiary/aromatic N) is 3. The SMILES string of the molecule is C=CCn1c(CC(=O)Nc2ccc(F)cc2)nnc1SCC(=O)Nc1ccc(C)cc1F. The smallest absolute Gasteiger partial charge is 0.234 e. The van der Waals surface area contributed by atoms with Gasteiger partial charge in [-0.05, 0) is 48.9 Å². The first-order chi connectivity index (χ1) is 15.4. The van der Waals surface area contributed by atoms with Gasteiger partial charge < -0.3 is 15.2 Å². The Morgan fingerprint density at radius 2 is 1.84 bits per heavy atom. The molecule has 0 aliphatic rings. The number of halogens is 2. The molecule has 0 atom stereocenters. The summed E-state index contributed by atoms with van der Waals surface area (Å²) in [6, 6.07) is 9.96. The number of aromatic nitrogens is 3. The van der Waals surface area contributed by atoms with Crippen LogP contribution in [0.5, 0.6) is 0 Å². The largest absolute Gasteiger partial charge is 0.326 e. The molecule has 3 rings (SSSR count). The van der Waals surface area contributed by atoms with Crippen LogP contribution in [0, 0.1) is 18.6 Å². The number of nitrogens with one attached hydrogen (secondary N) is 2. The molecule has 1 heterocycles. The number of hydrogen-bond donors (Lipinski definition) is 2. The molecule has 7 nitrogen and oxygen atoms in total. The van der Waals surface area contributed by atoms with Crippen LogP contribution < -0.4 is 10.6 Å². The molecule has 0 saturated heterocycles. The van der Waals surface area contributed by atoms with E-state index in [1.165, 1.54) is 36.4 Å². The van der Waals surface area contributed by atoms with Crippen LogP contribution in [0.2, 0.25) is 0 Å². The predicted molar refractivity (Wildman–Crippen MR) is 119 cm³/mol. The maximum Gasteiger partial charge on any atom is 0.234 e. The van der Waals surface area contributed by atoms with E-state index in [1.54, 1.807) is 23.6 Å². The lowest BCUT2D eigenvalue weighted by Gasteiger charge is -2.09. The number of carbonyl (C=O) groups excluding carboxylic acids is 2. The lowest BCUT2D eigenvalue weighted by molar-refractivity contribution is -0.116. The van der Waals surface area contributed by atoms with E-state index in [0.29, 0.717) is 23.2 Å². The third kappa shape index (κ3) is 6.24. The summed E-state index contributed by atoms with van der Waals surface area (Å²) in [7, 11) is 0. The number of aryl methyl sites for hydroxylation is 1. The molecule has 10 heteroatoms. The van der Waals surface area contributed by atoms with Crippen molar-refractivity contribution in [3.8, 4) is 0 Å². The molecule has 0 aliphatic heterocycles. The van der Waals surface area contributed by atoms with Crippen LogP contribution in [0.15, 0.2) is 60.3 Å². The zero-order valence-corrected chi connectivity index (χ0v) is 18.1. The van der Waals surface area contributed by atoms with E-state index in [2.05, 4.69) is 27.4 Å². The Labute approximate surface area is 187 Å². The summed E-state index contributed by atoms with van der Waals surface area (Å²) in [5, 5.41) is 13.7. The number of amides is 2. The monoisotopic (exact) mass is 457 g/mol. The third-order valence-corrected chi connectivity index (χ3v) is 5.25. The lowest BCUT2D eigenvalue weighted by Crippen LogP contribution is -2.18. The molecule has 0 unspecified atom stereocenters. The van der Waals surface area contributed by atoms with Crippen molar-refractivity contribution in [2.45, 2.75) is 25.0 Å². The summed E-state index contributed by atoms with van der Waals surface area (Å²) in [4.78, 5) is 24.6. The van der Waals surface area contributed by atoms with Gasteiger partial charge >= 0.3 is 0 Å². The van der Waals surface area contributed by atoms with Gasteiger partial charge in [0.05, 0.1) is 17.9 Å². The van der Waals surface area contributed by atoms with Crippen molar-refractivity contribution in [2.75, 3.05) is 16.4 Å².